The highest BCUT2D eigenvalue weighted by Gasteiger charge is 2.32. The lowest BCUT2D eigenvalue weighted by Crippen LogP contribution is -2.48. The fourth-order valence-corrected chi connectivity index (χ4v) is 6.07. The summed E-state index contributed by atoms with van der Waals surface area (Å²) in [7, 11) is 1.74. The molecule has 0 saturated carbocycles. The van der Waals surface area contributed by atoms with Crippen molar-refractivity contribution in [2.24, 2.45) is 5.92 Å². The van der Waals surface area contributed by atoms with Gasteiger partial charge in [0, 0.05) is 34.7 Å². The van der Waals surface area contributed by atoms with E-state index in [1.54, 1.807) is 13.4 Å². The average molecular weight is 505 g/mol. The van der Waals surface area contributed by atoms with Crippen molar-refractivity contribution in [3.63, 3.8) is 0 Å². The Morgan fingerprint density at radius 2 is 1.82 bits per heavy atom. The summed E-state index contributed by atoms with van der Waals surface area (Å²) in [6.45, 7) is 5.61. The summed E-state index contributed by atoms with van der Waals surface area (Å²) in [6.07, 6.45) is 11.8. The van der Waals surface area contributed by atoms with Gasteiger partial charge in [0.05, 0.1) is 25.7 Å². The van der Waals surface area contributed by atoms with Gasteiger partial charge in [-0.3, -0.25) is 0 Å². The minimum atomic E-state index is -0.0545. The summed E-state index contributed by atoms with van der Waals surface area (Å²) < 4.78 is 17.2. The number of benzene rings is 1. The maximum absolute atomic E-state index is 6.40. The molecule has 0 spiro atoms. The van der Waals surface area contributed by atoms with Crippen molar-refractivity contribution in [2.75, 3.05) is 46.5 Å². The van der Waals surface area contributed by atoms with Crippen LogP contribution in [0.4, 0.5) is 0 Å². The zero-order valence-corrected chi connectivity index (χ0v) is 21.4. The van der Waals surface area contributed by atoms with Crippen molar-refractivity contribution in [2.45, 2.75) is 44.2 Å². The highest BCUT2D eigenvalue weighted by Crippen LogP contribution is 2.33. The molecule has 1 aromatic rings. The zero-order chi connectivity index (χ0) is 23.5. The minimum absolute atomic E-state index is 0.0545. The van der Waals surface area contributed by atoms with Crippen LogP contribution in [0.25, 0.3) is 0 Å². The van der Waals surface area contributed by atoms with Gasteiger partial charge in [-0.15, -0.1) is 0 Å². The van der Waals surface area contributed by atoms with Gasteiger partial charge in [0.1, 0.15) is 18.5 Å². The van der Waals surface area contributed by atoms with Crippen LogP contribution in [0.15, 0.2) is 53.6 Å². The van der Waals surface area contributed by atoms with E-state index in [1.165, 1.54) is 44.3 Å². The molecule has 1 unspecified atom stereocenters. The van der Waals surface area contributed by atoms with Gasteiger partial charge < -0.3 is 24.0 Å². The summed E-state index contributed by atoms with van der Waals surface area (Å²) >= 11 is 12.6. The molecule has 34 heavy (non-hydrogen) atoms. The first kappa shape index (κ1) is 24.1. The molecule has 0 radical (unpaired) electrons. The monoisotopic (exact) mass is 504 g/mol. The van der Waals surface area contributed by atoms with Crippen LogP contribution in [-0.4, -0.2) is 68.4 Å². The molecule has 0 N–H and O–H groups in total. The lowest BCUT2D eigenvalue weighted by Gasteiger charge is -2.43. The van der Waals surface area contributed by atoms with E-state index in [-0.39, 0.29) is 6.10 Å². The molecular weight excluding hydrogens is 471 g/mol. The van der Waals surface area contributed by atoms with E-state index in [1.807, 2.05) is 18.2 Å². The van der Waals surface area contributed by atoms with Crippen LogP contribution in [0.2, 0.25) is 10.0 Å². The molecule has 2 saturated heterocycles. The lowest BCUT2D eigenvalue weighted by molar-refractivity contribution is 0.0758. The van der Waals surface area contributed by atoms with Crippen LogP contribution in [0.1, 0.15) is 31.2 Å². The van der Waals surface area contributed by atoms with E-state index in [0.717, 1.165) is 46.6 Å². The fourth-order valence-electron chi connectivity index (χ4n) is 5.68. The molecule has 7 heteroatoms. The number of piperidine rings is 2. The van der Waals surface area contributed by atoms with Gasteiger partial charge in [-0.25, -0.2) is 0 Å². The van der Waals surface area contributed by atoms with Crippen LogP contribution in [0, 0.1) is 5.92 Å². The number of rotatable bonds is 5. The topological polar surface area (TPSA) is 34.2 Å². The Morgan fingerprint density at radius 1 is 1.03 bits per heavy atom. The normalized spacial score (nSPS) is 25.0. The van der Waals surface area contributed by atoms with Crippen molar-refractivity contribution in [1.29, 1.82) is 0 Å². The summed E-state index contributed by atoms with van der Waals surface area (Å²) in [6, 6.07) is 6.47. The first-order valence-corrected chi connectivity index (χ1v) is 13.2. The third kappa shape index (κ3) is 5.43. The number of likely N-dealkylation sites (tertiary alicyclic amines) is 2. The highest BCUT2D eigenvalue weighted by atomic mass is 35.5. The molecule has 3 heterocycles. The summed E-state index contributed by atoms with van der Waals surface area (Å²) in [4.78, 5) is 5.17. The Labute approximate surface area is 212 Å². The Bertz CT molecular complexity index is 961. The number of halogens is 2. The molecule has 0 aromatic heterocycles. The van der Waals surface area contributed by atoms with Gasteiger partial charge in [0.15, 0.2) is 0 Å². The van der Waals surface area contributed by atoms with E-state index in [0.29, 0.717) is 25.2 Å². The molecule has 0 amide bonds. The van der Waals surface area contributed by atoms with E-state index in [4.69, 9.17) is 37.4 Å². The molecule has 1 atom stereocenters. The predicted molar refractivity (Wildman–Crippen MR) is 136 cm³/mol. The predicted octanol–water partition coefficient (Wildman–Crippen LogP) is 5.44. The van der Waals surface area contributed by atoms with Crippen LogP contribution >= 0.6 is 23.2 Å². The summed E-state index contributed by atoms with van der Waals surface area (Å²) in [5.74, 6) is 1.58. The Balaban J connectivity index is 1.14. The van der Waals surface area contributed by atoms with Gasteiger partial charge in [0.2, 0.25) is 0 Å². The zero-order valence-electron chi connectivity index (χ0n) is 19.8. The molecular formula is C27H34Cl2N2O3. The van der Waals surface area contributed by atoms with Crippen LogP contribution < -0.4 is 0 Å². The molecule has 1 aliphatic carbocycles. The van der Waals surface area contributed by atoms with Crippen molar-refractivity contribution in [1.82, 2.24) is 9.80 Å². The molecule has 184 valence electrons. The first-order valence-electron chi connectivity index (χ1n) is 12.4. The molecule has 1 aromatic carbocycles. The number of nitrogens with zero attached hydrogens (tertiary/aromatic N) is 2. The van der Waals surface area contributed by atoms with Crippen LogP contribution in [-0.2, 0) is 20.6 Å². The van der Waals surface area contributed by atoms with Crippen molar-refractivity contribution in [3.05, 3.63) is 69.3 Å². The molecule has 3 aliphatic heterocycles. The SMILES string of the molecule is COC1=CC2=COCCOC2C=C1N1CCC(N2CCC(Cc3cc(Cl)ccc3Cl)CC2)CC1. The number of methoxy groups -OCH3 is 1. The second-order valence-electron chi connectivity index (χ2n) is 9.68. The Kier molecular flexibility index (Phi) is 7.74. The minimum Gasteiger partial charge on any atom is -0.498 e. The number of hydrogen-bond acceptors (Lipinski definition) is 5. The van der Waals surface area contributed by atoms with E-state index >= 15 is 0 Å². The smallest absolute Gasteiger partial charge is 0.142 e. The van der Waals surface area contributed by atoms with Gasteiger partial charge in [-0.05, 0) is 87.0 Å². The van der Waals surface area contributed by atoms with Crippen LogP contribution in [0.5, 0.6) is 0 Å². The van der Waals surface area contributed by atoms with E-state index < -0.39 is 0 Å². The lowest BCUT2D eigenvalue weighted by atomic mass is 9.88. The van der Waals surface area contributed by atoms with Crippen molar-refractivity contribution >= 4 is 23.2 Å². The average Bonchev–Trinajstić information content (AvgIpc) is 3.11. The van der Waals surface area contributed by atoms with Gasteiger partial charge in [0.25, 0.3) is 0 Å². The fraction of sp³-hybridized carbons (Fsp3) is 0.556. The molecule has 5 rings (SSSR count). The standard InChI is InChI=1S/C27H34Cl2N2O3/c1-32-27-16-21-18-33-12-13-34-26(21)17-25(27)31-10-6-23(7-11-31)30-8-4-19(5-9-30)14-20-15-22(28)2-3-24(20)29/h2-3,15-19,23,26H,4-14H2,1H3. The van der Waals surface area contributed by atoms with Crippen LogP contribution in [0.3, 0.4) is 0 Å². The van der Waals surface area contributed by atoms with E-state index in [9.17, 15) is 0 Å². The first-order chi connectivity index (χ1) is 16.6. The largest absolute Gasteiger partial charge is 0.498 e. The third-order valence-electron chi connectivity index (χ3n) is 7.61. The Morgan fingerprint density at radius 3 is 2.59 bits per heavy atom. The van der Waals surface area contributed by atoms with Gasteiger partial charge in [-0.1, -0.05) is 23.2 Å². The number of fused-ring (bicyclic) bond motifs is 1. The Hall–Kier alpha value is -1.66. The third-order valence-corrected chi connectivity index (χ3v) is 8.22. The van der Waals surface area contributed by atoms with E-state index in [2.05, 4.69) is 22.0 Å². The highest BCUT2D eigenvalue weighted by molar-refractivity contribution is 6.33. The van der Waals surface area contributed by atoms with Crippen molar-refractivity contribution < 1.29 is 14.2 Å². The second-order valence-corrected chi connectivity index (χ2v) is 10.5. The van der Waals surface area contributed by atoms with Crippen molar-refractivity contribution in [3.8, 4) is 0 Å². The summed E-state index contributed by atoms with van der Waals surface area (Å²) in [5, 5.41) is 1.61. The maximum Gasteiger partial charge on any atom is 0.142 e. The molecule has 4 aliphatic rings. The number of hydrogen-bond donors (Lipinski definition) is 0. The maximum atomic E-state index is 6.40. The molecule has 5 nitrogen and oxygen atoms in total. The molecule has 0 bridgehead atoms. The van der Waals surface area contributed by atoms with Gasteiger partial charge in [-0.2, -0.15) is 0 Å². The molecule has 2 fully saturated rings. The number of ether oxygens (including phenoxy) is 3. The summed E-state index contributed by atoms with van der Waals surface area (Å²) in [5.41, 5.74) is 3.36. The second kappa shape index (κ2) is 10.9. The van der Waals surface area contributed by atoms with Gasteiger partial charge >= 0.3 is 0 Å². The quantitative estimate of drug-likeness (QED) is 0.533.